The second-order valence-corrected chi connectivity index (χ2v) is 8.11. The van der Waals surface area contributed by atoms with Crippen molar-refractivity contribution >= 4 is 27.5 Å². The van der Waals surface area contributed by atoms with Crippen molar-refractivity contribution in [2.45, 2.75) is 12.8 Å². The molecule has 0 spiro atoms. The fourth-order valence-corrected chi connectivity index (χ4v) is 6.16. The molecule has 6 heteroatoms. The van der Waals surface area contributed by atoms with Crippen LogP contribution in [0.1, 0.15) is 21.8 Å². The second kappa shape index (κ2) is 4.51. The molecule has 4 nitrogen and oxygen atoms in total. The van der Waals surface area contributed by atoms with Crippen molar-refractivity contribution in [1.29, 1.82) is 0 Å². The fraction of sp³-hybridized carbons (Fsp3) is 0.529. The molecule has 4 atom stereocenters. The van der Waals surface area contributed by atoms with Gasteiger partial charge >= 0.3 is 5.97 Å². The Bertz CT molecular complexity index is 825. The fourth-order valence-electron chi connectivity index (χ4n) is 5.02. The van der Waals surface area contributed by atoms with Gasteiger partial charge in [-0.15, -0.1) is 11.3 Å². The number of aromatic nitrogens is 1. The molecule has 1 aromatic heterocycles. The maximum atomic E-state index is 14.3. The molecule has 0 bridgehead atoms. The molecule has 3 fully saturated rings. The lowest BCUT2D eigenvalue weighted by molar-refractivity contribution is 0.0600. The molecule has 2 aromatic rings. The van der Waals surface area contributed by atoms with Crippen LogP contribution in [0.4, 0.5) is 4.39 Å². The molecular weight excluding hydrogens is 315 g/mol. The maximum absolute atomic E-state index is 14.3. The Hall–Kier alpha value is -1.53. The molecule has 3 aliphatic rings. The van der Waals surface area contributed by atoms with Crippen molar-refractivity contribution < 1.29 is 13.9 Å². The molecule has 120 valence electrons. The minimum Gasteiger partial charge on any atom is -0.465 e. The van der Waals surface area contributed by atoms with E-state index in [2.05, 4.69) is 15.0 Å². The van der Waals surface area contributed by atoms with Crippen molar-refractivity contribution in [3.8, 4) is 0 Å². The van der Waals surface area contributed by atoms with Crippen LogP contribution in [0.2, 0.25) is 0 Å². The maximum Gasteiger partial charge on any atom is 0.338 e. The number of halogens is 1. The van der Waals surface area contributed by atoms with Crippen molar-refractivity contribution in [2.24, 2.45) is 23.2 Å². The number of fused-ring (bicyclic) bond motifs is 2. The van der Waals surface area contributed by atoms with Gasteiger partial charge in [0.1, 0.15) is 5.52 Å². The number of nitrogens with one attached hydrogen (secondary N) is 1. The summed E-state index contributed by atoms with van der Waals surface area (Å²) in [5, 5.41) is 4.51. The van der Waals surface area contributed by atoms with Crippen LogP contribution in [-0.2, 0) is 11.2 Å². The van der Waals surface area contributed by atoms with E-state index in [1.54, 1.807) is 6.07 Å². The summed E-state index contributed by atoms with van der Waals surface area (Å²) < 4.78 is 19.7. The summed E-state index contributed by atoms with van der Waals surface area (Å²) in [5.74, 6) is 1.43. The predicted molar refractivity (Wildman–Crippen MR) is 85.0 cm³/mol. The number of thiazole rings is 1. The molecule has 4 unspecified atom stereocenters. The largest absolute Gasteiger partial charge is 0.465 e. The highest BCUT2D eigenvalue weighted by Crippen LogP contribution is 2.77. The van der Waals surface area contributed by atoms with E-state index < -0.39 is 11.8 Å². The lowest BCUT2D eigenvalue weighted by atomic mass is 9.70. The van der Waals surface area contributed by atoms with Crippen LogP contribution in [0.15, 0.2) is 12.1 Å². The van der Waals surface area contributed by atoms with E-state index in [9.17, 15) is 9.18 Å². The molecule has 0 amide bonds. The van der Waals surface area contributed by atoms with E-state index in [0.29, 0.717) is 10.9 Å². The number of carbonyl (C=O) groups excluding carboxylic acids is 1. The van der Waals surface area contributed by atoms with Crippen molar-refractivity contribution in [1.82, 2.24) is 10.3 Å². The second-order valence-electron chi connectivity index (χ2n) is 7.00. The SMILES string of the molecule is COC(=O)c1cc(F)c2nc(CC34C5CNCC3C4C5)sc2c1. The number of rotatable bonds is 3. The Labute approximate surface area is 137 Å². The molecule has 2 saturated carbocycles. The van der Waals surface area contributed by atoms with Crippen molar-refractivity contribution in [2.75, 3.05) is 20.2 Å². The number of benzene rings is 1. The van der Waals surface area contributed by atoms with E-state index in [-0.39, 0.29) is 5.56 Å². The number of hydrogen-bond acceptors (Lipinski definition) is 5. The number of esters is 1. The molecule has 1 N–H and O–H groups in total. The summed E-state index contributed by atoms with van der Waals surface area (Å²) in [6.45, 7) is 2.23. The highest BCUT2D eigenvalue weighted by atomic mass is 32.1. The van der Waals surface area contributed by atoms with E-state index in [1.807, 2.05) is 0 Å². The minimum atomic E-state index is -0.513. The molecule has 1 aromatic carbocycles. The third-order valence-corrected chi connectivity index (χ3v) is 7.18. The molecule has 1 aliphatic heterocycles. The average Bonchev–Trinajstić information content (AvgIpc) is 2.94. The Morgan fingerprint density at radius 3 is 3.13 bits per heavy atom. The normalized spacial score (nSPS) is 33.9. The van der Waals surface area contributed by atoms with Gasteiger partial charge in [-0.1, -0.05) is 0 Å². The van der Waals surface area contributed by atoms with E-state index >= 15 is 0 Å². The summed E-state index contributed by atoms with van der Waals surface area (Å²) in [7, 11) is 1.30. The first kappa shape index (κ1) is 13.9. The molecule has 1 saturated heterocycles. The number of ether oxygens (including phenoxy) is 1. The average molecular weight is 332 g/mol. The van der Waals surface area contributed by atoms with E-state index in [1.165, 1.54) is 30.9 Å². The number of nitrogens with zero attached hydrogens (tertiary/aromatic N) is 1. The zero-order chi connectivity index (χ0) is 15.8. The van der Waals surface area contributed by atoms with Gasteiger partial charge in [0.15, 0.2) is 5.82 Å². The number of carbonyl (C=O) groups is 1. The van der Waals surface area contributed by atoms with Gasteiger partial charge in [-0.25, -0.2) is 14.2 Å². The molecule has 0 radical (unpaired) electrons. The van der Waals surface area contributed by atoms with Gasteiger partial charge in [-0.05, 0) is 54.8 Å². The molecule has 2 heterocycles. The molecule has 23 heavy (non-hydrogen) atoms. The van der Waals surface area contributed by atoms with Crippen molar-refractivity contribution in [3.05, 3.63) is 28.5 Å². The van der Waals surface area contributed by atoms with Crippen molar-refractivity contribution in [3.63, 3.8) is 0 Å². The van der Waals surface area contributed by atoms with Gasteiger partial charge in [-0.2, -0.15) is 0 Å². The quantitative estimate of drug-likeness (QED) is 0.878. The van der Waals surface area contributed by atoms with Crippen LogP contribution < -0.4 is 5.32 Å². The van der Waals surface area contributed by atoms with Gasteiger partial charge in [0.05, 0.1) is 22.4 Å². The van der Waals surface area contributed by atoms with Gasteiger partial charge in [0, 0.05) is 6.42 Å². The first-order valence-corrected chi connectivity index (χ1v) is 8.83. The summed E-state index contributed by atoms with van der Waals surface area (Å²) in [4.78, 5) is 16.2. The molecule has 5 rings (SSSR count). The zero-order valence-electron chi connectivity index (χ0n) is 12.8. The summed E-state index contributed by atoms with van der Waals surface area (Å²) >= 11 is 1.52. The van der Waals surface area contributed by atoms with Gasteiger partial charge in [0.25, 0.3) is 0 Å². The Morgan fingerprint density at radius 1 is 1.48 bits per heavy atom. The highest BCUT2D eigenvalue weighted by molar-refractivity contribution is 7.18. The summed E-state index contributed by atoms with van der Waals surface area (Å²) in [6.07, 6.45) is 2.30. The lowest BCUT2D eigenvalue weighted by Gasteiger charge is -2.38. The smallest absolute Gasteiger partial charge is 0.338 e. The number of methoxy groups -OCH3 is 1. The van der Waals surface area contributed by atoms with Gasteiger partial charge < -0.3 is 10.1 Å². The Balaban J connectivity index is 1.49. The van der Waals surface area contributed by atoms with Crippen LogP contribution >= 0.6 is 11.3 Å². The number of piperidine rings is 1. The monoisotopic (exact) mass is 332 g/mol. The highest BCUT2D eigenvalue weighted by Gasteiger charge is 2.75. The zero-order valence-corrected chi connectivity index (χ0v) is 13.6. The summed E-state index contributed by atoms with van der Waals surface area (Å²) in [6, 6.07) is 2.91. The van der Waals surface area contributed by atoms with E-state index in [0.717, 1.165) is 47.0 Å². The third kappa shape index (κ3) is 1.73. The summed E-state index contributed by atoms with van der Waals surface area (Å²) in [5.41, 5.74) is 1.06. The number of hydrogen-bond donors (Lipinski definition) is 1. The third-order valence-electron chi connectivity index (χ3n) is 6.18. The van der Waals surface area contributed by atoms with Crippen LogP contribution in [0.3, 0.4) is 0 Å². The molecule has 2 aliphatic carbocycles. The Morgan fingerprint density at radius 2 is 2.35 bits per heavy atom. The standard InChI is InChI=1S/C17H17FN2O2S/c1-22-16(21)8-2-12(18)15-13(3-8)23-14(20-15)5-17-9-4-10(17)11(17)7-19-6-9/h2-3,9-11,19H,4-7H2,1H3. The minimum absolute atomic E-state index is 0.250. The van der Waals surface area contributed by atoms with Crippen LogP contribution in [-0.4, -0.2) is 31.2 Å². The first-order chi connectivity index (χ1) is 11.1. The lowest BCUT2D eigenvalue weighted by Crippen LogP contribution is -2.42. The van der Waals surface area contributed by atoms with Crippen LogP contribution in [0.25, 0.3) is 10.2 Å². The molecular formula is C17H17FN2O2S. The van der Waals surface area contributed by atoms with Crippen LogP contribution in [0, 0.1) is 29.0 Å². The Kier molecular flexibility index (Phi) is 2.72. The topological polar surface area (TPSA) is 51.2 Å². The predicted octanol–water partition coefficient (Wildman–Crippen LogP) is 2.62. The van der Waals surface area contributed by atoms with Crippen LogP contribution in [0.5, 0.6) is 0 Å². The van der Waals surface area contributed by atoms with E-state index in [4.69, 9.17) is 0 Å². The first-order valence-electron chi connectivity index (χ1n) is 8.01. The van der Waals surface area contributed by atoms with Gasteiger partial charge in [-0.3, -0.25) is 0 Å². The van der Waals surface area contributed by atoms with Gasteiger partial charge in [0.2, 0.25) is 0 Å².